The van der Waals surface area contributed by atoms with Crippen molar-refractivity contribution in [1.29, 1.82) is 0 Å². The van der Waals surface area contributed by atoms with Gasteiger partial charge >= 0.3 is 5.97 Å². The van der Waals surface area contributed by atoms with Crippen LogP contribution in [-0.4, -0.2) is 31.3 Å². The molecule has 0 fully saturated rings. The van der Waals surface area contributed by atoms with Crippen molar-refractivity contribution in [2.24, 2.45) is 7.05 Å². The third kappa shape index (κ3) is 3.08. The van der Waals surface area contributed by atoms with Crippen molar-refractivity contribution in [3.63, 3.8) is 0 Å². The molecule has 18 heavy (non-hydrogen) atoms. The summed E-state index contributed by atoms with van der Waals surface area (Å²) in [5.74, 6) is 0.207. The molecular formula is C10H9BrN4O2S. The zero-order valence-corrected chi connectivity index (χ0v) is 11.8. The fraction of sp³-hybridized carbons (Fsp3) is 0.200. The van der Waals surface area contributed by atoms with Gasteiger partial charge in [0.1, 0.15) is 0 Å². The Kier molecular flexibility index (Phi) is 3.97. The van der Waals surface area contributed by atoms with E-state index in [2.05, 4.69) is 31.3 Å². The molecule has 6 nitrogen and oxygen atoms in total. The van der Waals surface area contributed by atoms with E-state index in [1.54, 1.807) is 19.2 Å². The van der Waals surface area contributed by atoms with Gasteiger partial charge in [0.2, 0.25) is 0 Å². The molecule has 0 atom stereocenters. The minimum Gasteiger partial charge on any atom is -0.478 e. The van der Waals surface area contributed by atoms with Crippen molar-refractivity contribution >= 4 is 33.7 Å². The number of aromatic nitrogens is 4. The summed E-state index contributed by atoms with van der Waals surface area (Å²) in [6, 6.07) is 5.18. The number of aromatic carboxylic acids is 1. The lowest BCUT2D eigenvalue weighted by Crippen LogP contribution is -1.97. The van der Waals surface area contributed by atoms with Crippen LogP contribution in [0.1, 0.15) is 16.2 Å². The number of carboxylic acid groups (broad SMARTS) is 1. The minimum atomic E-state index is -0.957. The minimum absolute atomic E-state index is 0.243. The highest BCUT2D eigenvalue weighted by molar-refractivity contribution is 9.10. The van der Waals surface area contributed by atoms with Crippen LogP contribution in [0.2, 0.25) is 0 Å². The zero-order chi connectivity index (χ0) is 13.1. The molecule has 1 heterocycles. The number of aryl methyl sites for hydroxylation is 1. The van der Waals surface area contributed by atoms with Crippen molar-refractivity contribution in [3.05, 3.63) is 34.1 Å². The molecule has 0 bridgehead atoms. The summed E-state index contributed by atoms with van der Waals surface area (Å²) in [6.45, 7) is 0. The Labute approximate surface area is 116 Å². The number of carboxylic acids is 1. The predicted octanol–water partition coefficient (Wildman–Crippen LogP) is 1.96. The fourth-order valence-corrected chi connectivity index (χ4v) is 2.48. The number of halogens is 1. The van der Waals surface area contributed by atoms with E-state index in [0.717, 1.165) is 4.90 Å². The van der Waals surface area contributed by atoms with E-state index in [1.165, 1.54) is 16.6 Å². The van der Waals surface area contributed by atoms with Gasteiger partial charge in [-0.05, 0) is 39.3 Å². The highest BCUT2D eigenvalue weighted by Crippen LogP contribution is 2.26. The van der Waals surface area contributed by atoms with Crippen LogP contribution in [-0.2, 0) is 12.8 Å². The van der Waals surface area contributed by atoms with Gasteiger partial charge in [-0.25, -0.2) is 4.79 Å². The van der Waals surface area contributed by atoms with Crippen molar-refractivity contribution in [3.8, 4) is 0 Å². The lowest BCUT2D eigenvalue weighted by Gasteiger charge is -2.03. The maximum Gasteiger partial charge on any atom is 0.336 e. The summed E-state index contributed by atoms with van der Waals surface area (Å²) in [7, 11) is 1.70. The van der Waals surface area contributed by atoms with Crippen LogP contribution in [0.25, 0.3) is 0 Å². The predicted molar refractivity (Wildman–Crippen MR) is 69.5 cm³/mol. The van der Waals surface area contributed by atoms with E-state index < -0.39 is 5.97 Å². The third-order valence-corrected chi connectivity index (χ3v) is 3.77. The number of benzene rings is 1. The maximum absolute atomic E-state index is 11.0. The van der Waals surface area contributed by atoms with Gasteiger partial charge in [0, 0.05) is 9.37 Å². The molecule has 1 aromatic carbocycles. The molecule has 2 rings (SSSR count). The highest BCUT2D eigenvalue weighted by Gasteiger charge is 2.10. The molecule has 94 valence electrons. The second-order valence-corrected chi connectivity index (χ2v) is 5.33. The van der Waals surface area contributed by atoms with E-state index in [0.29, 0.717) is 16.0 Å². The quantitative estimate of drug-likeness (QED) is 0.864. The first-order valence-corrected chi connectivity index (χ1v) is 6.72. The van der Waals surface area contributed by atoms with Gasteiger partial charge in [0.05, 0.1) is 18.4 Å². The molecule has 8 heteroatoms. The third-order valence-electron chi connectivity index (χ3n) is 2.09. The number of nitrogens with zero attached hydrogens (tertiary/aromatic N) is 4. The van der Waals surface area contributed by atoms with Gasteiger partial charge in [-0.15, -0.1) is 22.0 Å². The Hall–Kier alpha value is -1.41. The van der Waals surface area contributed by atoms with Crippen molar-refractivity contribution in [1.82, 2.24) is 20.2 Å². The molecule has 0 spiro atoms. The summed E-state index contributed by atoms with van der Waals surface area (Å²) in [5.41, 5.74) is 0.243. The van der Waals surface area contributed by atoms with Crippen LogP contribution in [0.5, 0.6) is 0 Å². The summed E-state index contributed by atoms with van der Waals surface area (Å²) >= 11 is 4.67. The summed E-state index contributed by atoms with van der Waals surface area (Å²) < 4.78 is 0.567. The molecule has 0 saturated carbocycles. The lowest BCUT2D eigenvalue weighted by atomic mass is 10.2. The van der Waals surface area contributed by atoms with Gasteiger partial charge in [0.15, 0.2) is 5.82 Å². The van der Waals surface area contributed by atoms with Gasteiger partial charge in [-0.2, -0.15) is 4.80 Å². The first kappa shape index (κ1) is 13.0. The second kappa shape index (κ2) is 5.49. The van der Waals surface area contributed by atoms with Crippen LogP contribution in [0, 0.1) is 0 Å². The molecule has 2 aromatic rings. The van der Waals surface area contributed by atoms with Crippen LogP contribution >= 0.6 is 27.7 Å². The Morgan fingerprint density at radius 2 is 2.33 bits per heavy atom. The molecule has 0 aliphatic rings. The molecule has 0 aliphatic carbocycles. The molecule has 0 amide bonds. The molecule has 1 N–H and O–H groups in total. The molecule has 0 saturated heterocycles. The number of carbonyl (C=O) groups is 1. The van der Waals surface area contributed by atoms with Gasteiger partial charge in [-0.1, -0.05) is 0 Å². The summed E-state index contributed by atoms with van der Waals surface area (Å²) in [6.07, 6.45) is 0. The van der Waals surface area contributed by atoms with Crippen LogP contribution in [0.4, 0.5) is 0 Å². The first-order valence-electron chi connectivity index (χ1n) is 4.95. The van der Waals surface area contributed by atoms with E-state index in [1.807, 2.05) is 6.07 Å². The zero-order valence-electron chi connectivity index (χ0n) is 9.37. The van der Waals surface area contributed by atoms with Gasteiger partial charge in [0.25, 0.3) is 0 Å². The molecule has 0 unspecified atom stereocenters. The van der Waals surface area contributed by atoms with Crippen LogP contribution in [0.3, 0.4) is 0 Å². The van der Waals surface area contributed by atoms with Gasteiger partial charge in [-0.3, -0.25) is 0 Å². The standard InChI is InChI=1S/C10H9BrN4O2S/c1-15-13-9(12-14-15)5-18-6-2-3-8(11)7(4-6)10(16)17/h2-4H,5H2,1H3,(H,16,17). The number of tetrazole rings is 1. The summed E-state index contributed by atoms with van der Waals surface area (Å²) in [4.78, 5) is 13.2. The van der Waals surface area contributed by atoms with E-state index in [4.69, 9.17) is 5.11 Å². The Balaban J connectivity index is 2.10. The molecule has 0 radical (unpaired) electrons. The number of rotatable bonds is 4. The lowest BCUT2D eigenvalue weighted by molar-refractivity contribution is 0.0695. The average molecular weight is 329 g/mol. The topological polar surface area (TPSA) is 80.9 Å². The summed E-state index contributed by atoms with van der Waals surface area (Å²) in [5, 5.41) is 20.6. The van der Waals surface area contributed by atoms with E-state index >= 15 is 0 Å². The molecule has 0 aliphatic heterocycles. The number of thioether (sulfide) groups is 1. The van der Waals surface area contributed by atoms with Crippen LogP contribution in [0.15, 0.2) is 27.6 Å². The Morgan fingerprint density at radius 3 is 2.94 bits per heavy atom. The van der Waals surface area contributed by atoms with Crippen molar-refractivity contribution < 1.29 is 9.90 Å². The van der Waals surface area contributed by atoms with E-state index in [9.17, 15) is 4.79 Å². The SMILES string of the molecule is Cn1nnc(CSc2ccc(Br)c(C(=O)O)c2)n1. The van der Waals surface area contributed by atoms with Crippen LogP contribution < -0.4 is 0 Å². The Morgan fingerprint density at radius 1 is 1.56 bits per heavy atom. The first-order chi connectivity index (χ1) is 8.56. The monoisotopic (exact) mass is 328 g/mol. The maximum atomic E-state index is 11.0. The highest BCUT2D eigenvalue weighted by atomic mass is 79.9. The van der Waals surface area contributed by atoms with E-state index in [-0.39, 0.29) is 5.56 Å². The van der Waals surface area contributed by atoms with Gasteiger partial charge < -0.3 is 5.11 Å². The Bertz CT molecular complexity index is 587. The largest absolute Gasteiger partial charge is 0.478 e. The molecule has 1 aromatic heterocycles. The number of hydrogen-bond acceptors (Lipinski definition) is 5. The number of hydrogen-bond donors (Lipinski definition) is 1. The molecular weight excluding hydrogens is 320 g/mol. The second-order valence-electron chi connectivity index (χ2n) is 3.43. The van der Waals surface area contributed by atoms with Crippen molar-refractivity contribution in [2.75, 3.05) is 0 Å². The fourth-order valence-electron chi connectivity index (χ4n) is 1.29. The van der Waals surface area contributed by atoms with Crippen molar-refractivity contribution in [2.45, 2.75) is 10.6 Å². The normalized spacial score (nSPS) is 10.6. The smallest absolute Gasteiger partial charge is 0.336 e. The average Bonchev–Trinajstić information content (AvgIpc) is 2.74.